The van der Waals surface area contributed by atoms with Crippen LogP contribution in [0.2, 0.25) is 0 Å². The predicted molar refractivity (Wildman–Crippen MR) is 79.5 cm³/mol. The topological polar surface area (TPSA) is 57.6 Å². The average Bonchev–Trinajstić information content (AvgIpc) is 2.57. The molecule has 1 unspecified atom stereocenters. The number of unbranched alkanes of at least 4 members (excludes halogenated alkanes) is 5. The molecule has 1 fully saturated rings. The summed E-state index contributed by atoms with van der Waals surface area (Å²) in [6.07, 6.45) is 11.2. The van der Waals surface area contributed by atoms with Gasteiger partial charge in [-0.3, -0.25) is 9.59 Å². The largest absolute Gasteiger partial charge is 0.480 e. The minimum Gasteiger partial charge on any atom is -0.480 e. The molecule has 1 rings (SSSR count). The number of carboxylic acids is 1. The first-order chi connectivity index (χ1) is 9.65. The van der Waals surface area contributed by atoms with Crippen LogP contribution in [0.1, 0.15) is 71.1 Å². The molecule has 0 aromatic rings. The fraction of sp³-hybridized carbons (Fsp3) is 0.875. The Labute approximate surface area is 122 Å². The maximum Gasteiger partial charge on any atom is 0.323 e. The van der Waals surface area contributed by atoms with Crippen molar-refractivity contribution >= 4 is 11.9 Å². The molecule has 1 saturated heterocycles. The van der Waals surface area contributed by atoms with E-state index in [0.717, 1.165) is 32.1 Å². The fourth-order valence-electron chi connectivity index (χ4n) is 2.94. The van der Waals surface area contributed by atoms with E-state index in [1.54, 1.807) is 0 Å². The number of aliphatic carboxylic acids is 1. The zero-order valence-corrected chi connectivity index (χ0v) is 12.8. The van der Waals surface area contributed by atoms with E-state index in [2.05, 4.69) is 6.92 Å². The molecule has 0 bridgehead atoms. The molecule has 20 heavy (non-hydrogen) atoms. The SMILES string of the molecule is CCCCCCCCC1CCCCN(CC(=O)O)C1=O. The van der Waals surface area contributed by atoms with Gasteiger partial charge in [0.05, 0.1) is 0 Å². The first-order valence-electron chi connectivity index (χ1n) is 8.15. The summed E-state index contributed by atoms with van der Waals surface area (Å²) in [6, 6.07) is 0. The summed E-state index contributed by atoms with van der Waals surface area (Å²) < 4.78 is 0. The standard InChI is InChI=1S/C16H29NO3/c1-2-3-4-5-6-7-10-14-11-8-9-12-17(16(14)20)13-15(18)19/h14H,2-13H2,1H3,(H,18,19). The summed E-state index contributed by atoms with van der Waals surface area (Å²) in [4.78, 5) is 24.6. The summed E-state index contributed by atoms with van der Waals surface area (Å²) in [5, 5.41) is 8.86. The molecule has 116 valence electrons. The van der Waals surface area contributed by atoms with E-state index >= 15 is 0 Å². The van der Waals surface area contributed by atoms with Gasteiger partial charge >= 0.3 is 5.97 Å². The van der Waals surface area contributed by atoms with Gasteiger partial charge in [0.1, 0.15) is 6.54 Å². The second-order valence-electron chi connectivity index (χ2n) is 5.90. The Bertz CT molecular complexity index is 304. The molecule has 0 aromatic heterocycles. The van der Waals surface area contributed by atoms with Crippen LogP contribution in [-0.4, -0.2) is 35.0 Å². The Morgan fingerprint density at radius 3 is 2.60 bits per heavy atom. The number of amides is 1. The van der Waals surface area contributed by atoms with Crippen LogP contribution in [0.15, 0.2) is 0 Å². The van der Waals surface area contributed by atoms with Gasteiger partial charge in [0.25, 0.3) is 0 Å². The van der Waals surface area contributed by atoms with Crippen molar-refractivity contribution in [3.8, 4) is 0 Å². The molecule has 4 heteroatoms. The normalized spacial score (nSPS) is 19.9. The lowest BCUT2D eigenvalue weighted by Gasteiger charge is -2.22. The van der Waals surface area contributed by atoms with Crippen molar-refractivity contribution in [3.05, 3.63) is 0 Å². The number of likely N-dealkylation sites (tertiary alicyclic amines) is 1. The summed E-state index contributed by atoms with van der Waals surface area (Å²) in [5.74, 6) is -0.778. The van der Waals surface area contributed by atoms with Crippen molar-refractivity contribution < 1.29 is 14.7 Å². The molecule has 0 spiro atoms. The Hall–Kier alpha value is -1.06. The summed E-state index contributed by atoms with van der Waals surface area (Å²) in [7, 11) is 0. The average molecular weight is 283 g/mol. The van der Waals surface area contributed by atoms with E-state index in [4.69, 9.17) is 5.11 Å². The summed E-state index contributed by atoms with van der Waals surface area (Å²) in [5.41, 5.74) is 0. The molecule has 4 nitrogen and oxygen atoms in total. The zero-order chi connectivity index (χ0) is 14.8. The molecule has 0 aliphatic carbocycles. The molecule has 1 N–H and O–H groups in total. The summed E-state index contributed by atoms with van der Waals surface area (Å²) >= 11 is 0. The Balaban J connectivity index is 2.31. The minimum absolute atomic E-state index is 0.0584. The van der Waals surface area contributed by atoms with Crippen molar-refractivity contribution in [2.75, 3.05) is 13.1 Å². The van der Waals surface area contributed by atoms with E-state index < -0.39 is 5.97 Å². The van der Waals surface area contributed by atoms with Crippen LogP contribution >= 0.6 is 0 Å². The van der Waals surface area contributed by atoms with Crippen molar-refractivity contribution in [3.63, 3.8) is 0 Å². The highest BCUT2D eigenvalue weighted by atomic mass is 16.4. The van der Waals surface area contributed by atoms with Crippen LogP contribution in [0.3, 0.4) is 0 Å². The van der Waals surface area contributed by atoms with Crippen molar-refractivity contribution in [2.24, 2.45) is 5.92 Å². The van der Waals surface area contributed by atoms with Crippen LogP contribution in [-0.2, 0) is 9.59 Å². The molecular formula is C16H29NO3. The lowest BCUT2D eigenvalue weighted by atomic mass is 9.95. The van der Waals surface area contributed by atoms with Gasteiger partial charge in [-0.2, -0.15) is 0 Å². The Morgan fingerprint density at radius 1 is 1.20 bits per heavy atom. The Kier molecular flexibility index (Phi) is 8.31. The monoisotopic (exact) mass is 283 g/mol. The maximum absolute atomic E-state index is 12.3. The quantitative estimate of drug-likeness (QED) is 0.659. The second-order valence-corrected chi connectivity index (χ2v) is 5.90. The Morgan fingerprint density at radius 2 is 1.90 bits per heavy atom. The summed E-state index contributed by atoms with van der Waals surface area (Å²) in [6.45, 7) is 2.69. The first kappa shape index (κ1) is 17.0. The van der Waals surface area contributed by atoms with Gasteiger partial charge in [-0.05, 0) is 19.3 Å². The third-order valence-electron chi connectivity index (χ3n) is 4.12. The van der Waals surface area contributed by atoms with Gasteiger partial charge in [-0.1, -0.05) is 51.9 Å². The van der Waals surface area contributed by atoms with Gasteiger partial charge in [-0.15, -0.1) is 0 Å². The van der Waals surface area contributed by atoms with E-state index in [-0.39, 0.29) is 18.4 Å². The van der Waals surface area contributed by atoms with Gasteiger partial charge < -0.3 is 10.0 Å². The van der Waals surface area contributed by atoms with Gasteiger partial charge in [0, 0.05) is 12.5 Å². The molecule has 0 saturated carbocycles. The van der Waals surface area contributed by atoms with Crippen molar-refractivity contribution in [1.82, 2.24) is 4.90 Å². The molecule has 1 amide bonds. The zero-order valence-electron chi connectivity index (χ0n) is 12.8. The second kappa shape index (κ2) is 9.78. The molecular weight excluding hydrogens is 254 g/mol. The highest BCUT2D eigenvalue weighted by Crippen LogP contribution is 2.23. The van der Waals surface area contributed by atoms with Crippen LogP contribution < -0.4 is 0 Å². The number of hydrogen-bond acceptors (Lipinski definition) is 2. The first-order valence-corrected chi connectivity index (χ1v) is 8.15. The fourth-order valence-corrected chi connectivity index (χ4v) is 2.94. The van der Waals surface area contributed by atoms with Crippen molar-refractivity contribution in [2.45, 2.75) is 71.1 Å². The van der Waals surface area contributed by atoms with E-state index in [0.29, 0.717) is 6.54 Å². The van der Waals surface area contributed by atoms with Gasteiger partial charge in [0.15, 0.2) is 0 Å². The number of hydrogen-bond donors (Lipinski definition) is 1. The van der Waals surface area contributed by atoms with Crippen LogP contribution in [0.4, 0.5) is 0 Å². The van der Waals surface area contributed by atoms with Crippen LogP contribution in [0.25, 0.3) is 0 Å². The lowest BCUT2D eigenvalue weighted by molar-refractivity contribution is -0.146. The third kappa shape index (κ3) is 6.40. The number of carbonyl (C=O) groups excluding carboxylic acids is 1. The molecule has 1 atom stereocenters. The minimum atomic E-state index is -0.904. The molecule has 0 aromatic carbocycles. The molecule has 1 aliphatic rings. The highest BCUT2D eigenvalue weighted by Gasteiger charge is 2.27. The van der Waals surface area contributed by atoms with Gasteiger partial charge in [0.2, 0.25) is 5.91 Å². The third-order valence-corrected chi connectivity index (χ3v) is 4.12. The number of carboxylic acid groups (broad SMARTS) is 1. The van der Waals surface area contributed by atoms with Crippen molar-refractivity contribution in [1.29, 1.82) is 0 Å². The number of carbonyl (C=O) groups is 2. The lowest BCUT2D eigenvalue weighted by Crippen LogP contribution is -2.38. The van der Waals surface area contributed by atoms with Crippen LogP contribution in [0, 0.1) is 5.92 Å². The predicted octanol–water partition coefficient (Wildman–Crippen LogP) is 3.45. The molecule has 1 aliphatic heterocycles. The highest BCUT2D eigenvalue weighted by molar-refractivity contribution is 5.83. The van der Waals surface area contributed by atoms with E-state index in [1.807, 2.05) is 0 Å². The molecule has 1 heterocycles. The van der Waals surface area contributed by atoms with E-state index in [9.17, 15) is 9.59 Å². The number of rotatable bonds is 9. The molecule has 0 radical (unpaired) electrons. The maximum atomic E-state index is 12.3. The smallest absolute Gasteiger partial charge is 0.323 e. The van der Waals surface area contributed by atoms with E-state index in [1.165, 1.54) is 37.0 Å². The van der Waals surface area contributed by atoms with Crippen LogP contribution in [0.5, 0.6) is 0 Å². The van der Waals surface area contributed by atoms with Gasteiger partial charge in [-0.25, -0.2) is 0 Å². The number of nitrogens with zero attached hydrogens (tertiary/aromatic N) is 1.